The summed E-state index contributed by atoms with van der Waals surface area (Å²) in [7, 11) is 1.50. The summed E-state index contributed by atoms with van der Waals surface area (Å²) in [6, 6.07) is 11.0. The Morgan fingerprint density at radius 3 is 2.69 bits per heavy atom. The number of benzene rings is 1. The number of hydrogen-bond acceptors (Lipinski definition) is 3. The van der Waals surface area contributed by atoms with Crippen LogP contribution in [0, 0.1) is 5.92 Å². The second-order valence-electron chi connectivity index (χ2n) is 7.12. The van der Waals surface area contributed by atoms with Crippen LogP contribution in [0.25, 0.3) is 0 Å². The predicted octanol–water partition coefficient (Wildman–Crippen LogP) is 5.13. The van der Waals surface area contributed by atoms with E-state index in [2.05, 4.69) is 67.3 Å². The minimum absolute atomic E-state index is 0.0392. The van der Waals surface area contributed by atoms with Gasteiger partial charge in [0, 0.05) is 19.1 Å². The summed E-state index contributed by atoms with van der Waals surface area (Å²) in [6.07, 6.45) is 11.8. The van der Waals surface area contributed by atoms with Gasteiger partial charge in [0.15, 0.2) is 0 Å². The van der Waals surface area contributed by atoms with E-state index >= 15 is 0 Å². The molecule has 2 unspecified atom stereocenters. The fourth-order valence-electron chi connectivity index (χ4n) is 3.90. The molecule has 1 aromatic carbocycles. The molecule has 1 fully saturated rings. The summed E-state index contributed by atoms with van der Waals surface area (Å²) in [5, 5.41) is 0. The number of carbonyl (C=O) groups excluding carboxylic acids is 1. The third-order valence-corrected chi connectivity index (χ3v) is 5.16. The molecule has 1 aliphatic carbocycles. The lowest BCUT2D eigenvalue weighted by atomic mass is 9.84. The van der Waals surface area contributed by atoms with Crippen molar-refractivity contribution in [2.24, 2.45) is 5.92 Å². The highest BCUT2D eigenvalue weighted by atomic mass is 16.5. The normalized spacial score (nSPS) is 21.3. The third kappa shape index (κ3) is 6.14. The Labute approximate surface area is 158 Å². The number of nitrogens with zero attached hydrogens (tertiary/aromatic N) is 1. The van der Waals surface area contributed by atoms with Crippen LogP contribution in [0.5, 0.6) is 0 Å². The molecule has 3 heteroatoms. The van der Waals surface area contributed by atoms with E-state index in [-0.39, 0.29) is 11.9 Å². The van der Waals surface area contributed by atoms with Crippen LogP contribution in [0.4, 0.5) is 0 Å². The van der Waals surface area contributed by atoms with Crippen molar-refractivity contribution in [1.29, 1.82) is 0 Å². The van der Waals surface area contributed by atoms with Crippen molar-refractivity contribution >= 4 is 5.97 Å². The van der Waals surface area contributed by atoms with Crippen molar-refractivity contribution in [2.45, 2.75) is 58.5 Å². The Hall–Kier alpha value is -1.87. The molecule has 0 saturated heterocycles. The summed E-state index contributed by atoms with van der Waals surface area (Å²) in [5.74, 6) is -0.00974. The van der Waals surface area contributed by atoms with Gasteiger partial charge in [0.05, 0.1) is 13.0 Å². The quantitative estimate of drug-likeness (QED) is 0.478. The molecule has 0 spiro atoms. The molecule has 2 atom stereocenters. The van der Waals surface area contributed by atoms with Gasteiger partial charge < -0.3 is 4.74 Å². The molecule has 26 heavy (non-hydrogen) atoms. The molecule has 0 radical (unpaired) electrons. The third-order valence-electron chi connectivity index (χ3n) is 5.16. The molecule has 0 amide bonds. The first-order chi connectivity index (χ1) is 12.7. The summed E-state index contributed by atoms with van der Waals surface area (Å²) in [6.45, 7) is 6.08. The molecule has 0 heterocycles. The van der Waals surface area contributed by atoms with Crippen LogP contribution in [0.3, 0.4) is 0 Å². The van der Waals surface area contributed by atoms with Crippen LogP contribution in [-0.2, 0) is 16.1 Å². The minimum Gasteiger partial charge on any atom is -0.469 e. The van der Waals surface area contributed by atoms with E-state index < -0.39 is 0 Å². The molecular weight excluding hydrogens is 322 g/mol. The number of allylic oxidation sites excluding steroid dienone is 2. The van der Waals surface area contributed by atoms with Gasteiger partial charge in [-0.3, -0.25) is 9.69 Å². The number of ether oxygens (including phenoxy) is 1. The highest BCUT2D eigenvalue weighted by Crippen LogP contribution is 2.30. The lowest BCUT2D eigenvalue weighted by Gasteiger charge is -2.37. The molecule has 2 rings (SSSR count). The van der Waals surface area contributed by atoms with Gasteiger partial charge in [0.2, 0.25) is 0 Å². The van der Waals surface area contributed by atoms with E-state index in [9.17, 15) is 4.79 Å². The molecular formula is C23H33NO2. The first-order valence-electron chi connectivity index (χ1n) is 9.85. The van der Waals surface area contributed by atoms with Crippen molar-refractivity contribution in [3.8, 4) is 0 Å². The van der Waals surface area contributed by atoms with Gasteiger partial charge in [0.25, 0.3) is 0 Å². The Kier molecular flexibility index (Phi) is 8.63. The van der Waals surface area contributed by atoms with Crippen LogP contribution in [0.2, 0.25) is 0 Å². The number of methoxy groups -OCH3 is 1. The van der Waals surface area contributed by atoms with Crippen LogP contribution < -0.4 is 0 Å². The summed E-state index contributed by atoms with van der Waals surface area (Å²) < 4.78 is 5.01. The highest BCUT2D eigenvalue weighted by Gasteiger charge is 2.31. The lowest BCUT2D eigenvalue weighted by molar-refractivity contribution is -0.147. The number of carbonyl (C=O) groups is 1. The maximum Gasteiger partial charge on any atom is 0.308 e. The summed E-state index contributed by atoms with van der Waals surface area (Å²) >= 11 is 0. The Bertz CT molecular complexity index is 606. The first kappa shape index (κ1) is 20.4. The van der Waals surface area contributed by atoms with E-state index in [1.54, 1.807) is 0 Å². The highest BCUT2D eigenvalue weighted by molar-refractivity contribution is 5.72. The fourth-order valence-corrected chi connectivity index (χ4v) is 3.90. The molecule has 0 aliphatic heterocycles. The monoisotopic (exact) mass is 355 g/mol. The topological polar surface area (TPSA) is 29.5 Å². The first-order valence-corrected chi connectivity index (χ1v) is 9.85. The maximum atomic E-state index is 12.1. The molecule has 3 nitrogen and oxygen atoms in total. The van der Waals surface area contributed by atoms with Gasteiger partial charge in [-0.05, 0) is 43.7 Å². The predicted molar refractivity (Wildman–Crippen MR) is 108 cm³/mol. The molecule has 0 bridgehead atoms. The number of esters is 1. The Morgan fingerprint density at radius 2 is 2.04 bits per heavy atom. The van der Waals surface area contributed by atoms with Crippen molar-refractivity contribution < 1.29 is 9.53 Å². The summed E-state index contributed by atoms with van der Waals surface area (Å²) in [5.41, 5.74) is 2.68. The van der Waals surface area contributed by atoms with E-state index in [0.717, 1.165) is 45.2 Å². The number of hydrogen-bond donors (Lipinski definition) is 0. The number of rotatable bonds is 8. The van der Waals surface area contributed by atoms with Crippen molar-refractivity contribution in [3.63, 3.8) is 0 Å². The van der Waals surface area contributed by atoms with E-state index in [1.807, 2.05) is 0 Å². The van der Waals surface area contributed by atoms with Gasteiger partial charge in [-0.25, -0.2) is 0 Å². The molecule has 1 saturated carbocycles. The average Bonchev–Trinajstić information content (AvgIpc) is 2.68. The largest absolute Gasteiger partial charge is 0.469 e. The second kappa shape index (κ2) is 11.0. The molecule has 0 aromatic heterocycles. The van der Waals surface area contributed by atoms with E-state index in [0.29, 0.717) is 6.04 Å². The fraction of sp³-hybridized carbons (Fsp3) is 0.522. The van der Waals surface area contributed by atoms with E-state index in [4.69, 9.17) is 4.74 Å². The maximum absolute atomic E-state index is 12.1. The zero-order valence-corrected chi connectivity index (χ0v) is 16.5. The summed E-state index contributed by atoms with van der Waals surface area (Å²) in [4.78, 5) is 14.6. The molecule has 1 aromatic rings. The molecule has 1 aliphatic rings. The van der Waals surface area contributed by atoms with Crippen LogP contribution in [0.1, 0.15) is 51.5 Å². The second-order valence-corrected chi connectivity index (χ2v) is 7.12. The zero-order valence-electron chi connectivity index (χ0n) is 16.5. The Morgan fingerprint density at radius 1 is 1.27 bits per heavy atom. The minimum atomic E-state index is -0.0489. The molecule has 142 valence electrons. The zero-order chi connectivity index (χ0) is 18.8. The van der Waals surface area contributed by atoms with Crippen molar-refractivity contribution in [1.82, 2.24) is 4.90 Å². The van der Waals surface area contributed by atoms with Gasteiger partial charge >= 0.3 is 5.97 Å². The lowest BCUT2D eigenvalue weighted by Crippen LogP contribution is -2.41. The van der Waals surface area contributed by atoms with Crippen molar-refractivity contribution in [2.75, 3.05) is 13.7 Å². The van der Waals surface area contributed by atoms with Crippen LogP contribution in [-0.4, -0.2) is 30.6 Å². The van der Waals surface area contributed by atoms with Crippen LogP contribution >= 0.6 is 0 Å². The van der Waals surface area contributed by atoms with Crippen molar-refractivity contribution in [3.05, 3.63) is 59.7 Å². The standard InChI is InChI=1S/C23H33NO2/c1-4-10-19(11-5-2)17-24(18-20-12-7-6-8-13-20)22-15-9-14-21(16-22)23(25)26-3/h4,6-8,10-13,21-22H,5,9,14-18H2,1-3H3/b10-4-,19-11+. The SMILES string of the molecule is C/C=C\C(=C/CC)CN(Cc1ccccc1)C1CCCC(C(=O)OC)C1. The van der Waals surface area contributed by atoms with Gasteiger partial charge in [-0.2, -0.15) is 0 Å². The average molecular weight is 356 g/mol. The smallest absolute Gasteiger partial charge is 0.308 e. The van der Waals surface area contributed by atoms with Gasteiger partial charge in [0.1, 0.15) is 0 Å². The molecule has 0 N–H and O–H groups in total. The van der Waals surface area contributed by atoms with Crippen LogP contribution in [0.15, 0.2) is 54.1 Å². The van der Waals surface area contributed by atoms with Gasteiger partial charge in [-0.15, -0.1) is 0 Å². The van der Waals surface area contributed by atoms with Gasteiger partial charge in [-0.1, -0.05) is 61.9 Å². The van der Waals surface area contributed by atoms with E-state index in [1.165, 1.54) is 18.2 Å². The Balaban J connectivity index is 2.18.